The molecule has 1 heterocycles. The first-order valence-electron chi connectivity index (χ1n) is 7.34. The van der Waals surface area contributed by atoms with Gasteiger partial charge in [-0.1, -0.05) is 12.1 Å². The van der Waals surface area contributed by atoms with Crippen molar-refractivity contribution in [3.05, 3.63) is 68.9 Å². The second-order valence-electron chi connectivity index (χ2n) is 5.35. The van der Waals surface area contributed by atoms with Crippen LogP contribution in [0.2, 0.25) is 0 Å². The lowest BCUT2D eigenvalue weighted by molar-refractivity contribution is -0.385. The predicted molar refractivity (Wildman–Crippen MR) is 96.6 cm³/mol. The van der Waals surface area contributed by atoms with Crippen LogP contribution in [0.25, 0.3) is 6.08 Å². The van der Waals surface area contributed by atoms with Gasteiger partial charge in [-0.3, -0.25) is 19.8 Å². The van der Waals surface area contributed by atoms with Crippen molar-refractivity contribution in [3.8, 4) is 5.75 Å². The van der Waals surface area contributed by atoms with Crippen LogP contribution in [0, 0.1) is 15.9 Å². The Balaban J connectivity index is 1.93. The highest BCUT2D eigenvalue weighted by atomic mass is 32.2. The SMILES string of the molecule is CN1C(=O)/C(=C/c2ccc(O)c([N+](=O)[O-])c2)SC1=Nc1cccc(F)c1. The van der Waals surface area contributed by atoms with E-state index in [1.165, 1.54) is 54.4 Å². The number of nitro groups is 1. The number of carbonyl (C=O) groups excluding carboxylic acids is 1. The fraction of sp³-hybridized carbons (Fsp3) is 0.0588. The molecule has 132 valence electrons. The Kier molecular flexibility index (Phi) is 4.72. The lowest BCUT2D eigenvalue weighted by Gasteiger charge is -2.07. The van der Waals surface area contributed by atoms with Gasteiger partial charge in [0.2, 0.25) is 0 Å². The Hall–Kier alpha value is -3.20. The highest BCUT2D eigenvalue weighted by Crippen LogP contribution is 2.34. The van der Waals surface area contributed by atoms with Crippen LogP contribution in [0.3, 0.4) is 0 Å². The normalized spacial score (nSPS) is 17.3. The van der Waals surface area contributed by atoms with E-state index in [2.05, 4.69) is 4.99 Å². The van der Waals surface area contributed by atoms with Crippen LogP contribution in [0.15, 0.2) is 52.4 Å². The third-order valence-corrected chi connectivity index (χ3v) is 4.59. The van der Waals surface area contributed by atoms with Crippen LogP contribution >= 0.6 is 11.8 Å². The van der Waals surface area contributed by atoms with Gasteiger partial charge >= 0.3 is 5.69 Å². The number of benzene rings is 2. The summed E-state index contributed by atoms with van der Waals surface area (Å²) in [5.41, 5.74) is 0.316. The molecule has 1 N–H and O–H groups in total. The molecule has 1 fully saturated rings. The minimum atomic E-state index is -0.704. The van der Waals surface area contributed by atoms with E-state index in [0.717, 1.165) is 11.8 Å². The average molecular weight is 373 g/mol. The van der Waals surface area contributed by atoms with Gasteiger partial charge in [-0.05, 0) is 47.7 Å². The molecular formula is C17H12FN3O4S. The number of amides is 1. The van der Waals surface area contributed by atoms with Crippen molar-refractivity contribution < 1.29 is 19.2 Å². The molecule has 0 radical (unpaired) electrons. The zero-order valence-corrected chi connectivity index (χ0v) is 14.2. The minimum absolute atomic E-state index is 0.308. The first kappa shape index (κ1) is 17.6. The summed E-state index contributed by atoms with van der Waals surface area (Å²) in [6, 6.07) is 9.51. The van der Waals surface area contributed by atoms with Crippen molar-refractivity contribution >= 4 is 40.3 Å². The number of aromatic hydroxyl groups is 1. The van der Waals surface area contributed by atoms with Crippen molar-refractivity contribution in [1.29, 1.82) is 0 Å². The van der Waals surface area contributed by atoms with Crippen molar-refractivity contribution in [1.82, 2.24) is 4.90 Å². The zero-order valence-electron chi connectivity index (χ0n) is 13.4. The van der Waals surface area contributed by atoms with Crippen LogP contribution in [0.1, 0.15) is 5.56 Å². The molecule has 0 atom stereocenters. The molecule has 0 bridgehead atoms. The predicted octanol–water partition coefficient (Wildman–Crippen LogP) is 3.67. The first-order chi connectivity index (χ1) is 12.3. The van der Waals surface area contributed by atoms with E-state index < -0.39 is 22.2 Å². The Morgan fingerprint density at radius 2 is 2.08 bits per heavy atom. The van der Waals surface area contributed by atoms with Crippen molar-refractivity contribution in [2.75, 3.05) is 7.05 Å². The van der Waals surface area contributed by atoms with E-state index in [9.17, 15) is 24.4 Å². The molecule has 3 rings (SSSR count). The summed E-state index contributed by atoms with van der Waals surface area (Å²) in [7, 11) is 1.54. The molecule has 0 saturated carbocycles. The molecule has 7 nitrogen and oxygen atoms in total. The summed E-state index contributed by atoms with van der Waals surface area (Å²) < 4.78 is 13.3. The van der Waals surface area contributed by atoms with E-state index in [1.54, 1.807) is 6.07 Å². The number of phenols is 1. The van der Waals surface area contributed by atoms with Crippen LogP contribution in [-0.2, 0) is 4.79 Å². The maximum absolute atomic E-state index is 13.3. The van der Waals surface area contributed by atoms with E-state index in [4.69, 9.17) is 0 Å². The van der Waals surface area contributed by atoms with Crippen molar-refractivity contribution in [3.63, 3.8) is 0 Å². The molecule has 1 aliphatic heterocycles. The Morgan fingerprint density at radius 3 is 2.77 bits per heavy atom. The highest BCUT2D eigenvalue weighted by molar-refractivity contribution is 8.18. The summed E-state index contributed by atoms with van der Waals surface area (Å²) in [4.78, 5) is 28.4. The molecule has 2 aromatic carbocycles. The van der Waals surface area contributed by atoms with E-state index in [0.29, 0.717) is 21.3 Å². The second kappa shape index (κ2) is 6.96. The molecule has 0 aromatic heterocycles. The number of nitrogens with zero attached hydrogens (tertiary/aromatic N) is 3. The van der Waals surface area contributed by atoms with E-state index >= 15 is 0 Å². The number of halogens is 1. The van der Waals surface area contributed by atoms with Crippen molar-refractivity contribution in [2.45, 2.75) is 0 Å². The number of nitro benzene ring substituents is 1. The fourth-order valence-electron chi connectivity index (χ4n) is 2.24. The van der Waals surface area contributed by atoms with Gasteiger partial charge in [-0.25, -0.2) is 9.38 Å². The maximum Gasteiger partial charge on any atom is 0.311 e. The number of hydrogen-bond acceptors (Lipinski definition) is 6. The number of carbonyl (C=O) groups is 1. The summed E-state index contributed by atoms with van der Waals surface area (Å²) in [5.74, 6) is -1.22. The Bertz CT molecular complexity index is 974. The van der Waals surface area contributed by atoms with E-state index in [-0.39, 0.29) is 5.91 Å². The monoisotopic (exact) mass is 373 g/mol. The molecule has 1 aliphatic rings. The lowest BCUT2D eigenvalue weighted by atomic mass is 10.1. The number of rotatable bonds is 3. The maximum atomic E-state index is 13.3. The van der Waals surface area contributed by atoms with Gasteiger partial charge in [0, 0.05) is 13.1 Å². The minimum Gasteiger partial charge on any atom is -0.502 e. The van der Waals surface area contributed by atoms with E-state index in [1.807, 2.05) is 0 Å². The van der Waals surface area contributed by atoms with Gasteiger partial charge in [0.15, 0.2) is 10.9 Å². The topological polar surface area (TPSA) is 96.0 Å². The molecule has 0 aliphatic carbocycles. The quantitative estimate of drug-likeness (QED) is 0.503. The number of likely N-dealkylation sites (N-methyl/N-ethyl adjacent to an activating group) is 1. The van der Waals surface area contributed by atoms with Crippen LogP contribution < -0.4 is 0 Å². The van der Waals surface area contributed by atoms with Gasteiger partial charge in [-0.2, -0.15) is 0 Å². The second-order valence-corrected chi connectivity index (χ2v) is 6.36. The summed E-state index contributed by atoms with van der Waals surface area (Å²) >= 11 is 1.07. The van der Waals surface area contributed by atoms with Gasteiger partial charge in [0.05, 0.1) is 15.5 Å². The number of hydrogen-bond donors (Lipinski definition) is 1. The largest absolute Gasteiger partial charge is 0.502 e. The van der Waals surface area contributed by atoms with Gasteiger partial charge in [0.1, 0.15) is 5.82 Å². The van der Waals surface area contributed by atoms with Crippen molar-refractivity contribution in [2.24, 2.45) is 4.99 Å². The lowest BCUT2D eigenvalue weighted by Crippen LogP contribution is -2.23. The molecule has 1 amide bonds. The zero-order chi connectivity index (χ0) is 18.8. The fourth-order valence-corrected chi connectivity index (χ4v) is 3.22. The molecular weight excluding hydrogens is 361 g/mol. The average Bonchev–Trinajstić information content (AvgIpc) is 2.84. The molecule has 2 aromatic rings. The molecule has 9 heteroatoms. The molecule has 26 heavy (non-hydrogen) atoms. The Labute approximate surface area is 151 Å². The van der Waals surface area contributed by atoms with Gasteiger partial charge < -0.3 is 5.11 Å². The van der Waals surface area contributed by atoms with Gasteiger partial charge in [0.25, 0.3) is 5.91 Å². The summed E-state index contributed by atoms with van der Waals surface area (Å²) in [6.45, 7) is 0. The number of aliphatic imine (C=N–C) groups is 1. The first-order valence-corrected chi connectivity index (χ1v) is 8.16. The third kappa shape index (κ3) is 3.57. The molecule has 1 saturated heterocycles. The third-order valence-electron chi connectivity index (χ3n) is 3.53. The standard InChI is InChI=1S/C17H12FN3O4S/c1-20-16(23)15(8-10-5-6-14(22)13(7-10)21(24)25)26-17(20)19-12-4-2-3-11(18)9-12/h2-9,22H,1H3/b15-8-,19-17?. The number of amidine groups is 1. The summed E-state index contributed by atoms with van der Waals surface area (Å²) in [6.07, 6.45) is 1.48. The van der Waals surface area contributed by atoms with Gasteiger partial charge in [-0.15, -0.1) is 0 Å². The van der Waals surface area contributed by atoms with Crippen LogP contribution in [0.4, 0.5) is 15.8 Å². The highest BCUT2D eigenvalue weighted by Gasteiger charge is 2.30. The summed E-state index contributed by atoms with van der Waals surface area (Å²) in [5, 5.41) is 20.8. The molecule has 0 unspecified atom stereocenters. The number of phenolic OH excluding ortho intramolecular Hbond substituents is 1. The van der Waals surface area contributed by atoms with Crippen LogP contribution in [0.5, 0.6) is 5.75 Å². The smallest absolute Gasteiger partial charge is 0.311 e. The molecule has 0 spiro atoms. The van der Waals surface area contributed by atoms with Crippen LogP contribution in [-0.4, -0.2) is 33.1 Å². The Morgan fingerprint density at radius 1 is 1.31 bits per heavy atom. The number of thioether (sulfide) groups is 1.